The van der Waals surface area contributed by atoms with Gasteiger partial charge in [-0.25, -0.2) is 4.39 Å². The fraction of sp³-hybridized carbons (Fsp3) is 0.370. The Morgan fingerprint density at radius 2 is 2.09 bits per heavy atom. The molecule has 0 saturated heterocycles. The zero-order valence-electron chi connectivity index (χ0n) is 19.3. The van der Waals surface area contributed by atoms with Gasteiger partial charge in [0.15, 0.2) is 22.9 Å². The van der Waals surface area contributed by atoms with Crippen molar-refractivity contribution in [3.8, 4) is 11.5 Å². The van der Waals surface area contributed by atoms with Gasteiger partial charge in [-0.05, 0) is 68.4 Å². The average molecular weight is 465 g/mol. The van der Waals surface area contributed by atoms with Crippen molar-refractivity contribution in [1.82, 2.24) is 4.90 Å². The van der Waals surface area contributed by atoms with Crippen molar-refractivity contribution < 1.29 is 23.1 Å². The van der Waals surface area contributed by atoms with E-state index in [2.05, 4.69) is 11.0 Å². The van der Waals surface area contributed by atoms with Gasteiger partial charge in [0, 0.05) is 23.5 Å². The fourth-order valence-corrected chi connectivity index (χ4v) is 4.89. The predicted octanol–water partition coefficient (Wildman–Crippen LogP) is 5.29. The number of halogens is 1. The molecule has 1 aliphatic heterocycles. The average Bonchev–Trinajstić information content (AvgIpc) is 3.22. The van der Waals surface area contributed by atoms with E-state index in [1.54, 1.807) is 7.11 Å². The molecular weight excluding hydrogens is 435 g/mol. The van der Waals surface area contributed by atoms with Crippen LogP contribution >= 0.6 is 0 Å². The number of fused-ring (bicyclic) bond motifs is 2. The van der Waals surface area contributed by atoms with Gasteiger partial charge in [0.25, 0.3) is 0 Å². The summed E-state index contributed by atoms with van der Waals surface area (Å²) in [6.45, 7) is 1.16. The summed E-state index contributed by atoms with van der Waals surface area (Å²) < 4.78 is 31.2. The number of benzene rings is 2. The molecule has 0 atom stereocenters. The van der Waals surface area contributed by atoms with Gasteiger partial charge >= 0.3 is 0 Å². The lowest BCUT2D eigenvalue weighted by Crippen LogP contribution is -2.42. The molecule has 1 amide bonds. The highest BCUT2D eigenvalue weighted by Gasteiger charge is 2.30. The Bertz CT molecular complexity index is 1240. The monoisotopic (exact) mass is 464 g/mol. The molecule has 1 saturated carbocycles. The molecule has 1 aliphatic carbocycles. The quantitative estimate of drug-likeness (QED) is 0.436. The van der Waals surface area contributed by atoms with Crippen LogP contribution in [0, 0.1) is 5.82 Å². The number of amides is 1. The number of nitrogens with zero attached hydrogens (tertiary/aromatic N) is 1. The summed E-state index contributed by atoms with van der Waals surface area (Å²) in [6.07, 6.45) is 10.1. The molecule has 6 nitrogen and oxygen atoms in total. The summed E-state index contributed by atoms with van der Waals surface area (Å²) in [5.74, 6) is -0.210. The topological polar surface area (TPSA) is 77.9 Å². The molecular formula is C27H29FN2O4. The number of unbranched alkanes of at least 4 members (excludes halogenated alkanes) is 1. The van der Waals surface area contributed by atoms with Crippen molar-refractivity contribution >= 4 is 23.0 Å². The van der Waals surface area contributed by atoms with Crippen molar-refractivity contribution in [2.75, 3.05) is 20.3 Å². The Labute approximate surface area is 198 Å². The van der Waals surface area contributed by atoms with Crippen LogP contribution < -0.4 is 15.2 Å². The Hall–Kier alpha value is -3.48. The maximum absolute atomic E-state index is 14.3. The molecule has 7 heteroatoms. The second-order valence-corrected chi connectivity index (χ2v) is 8.96. The molecule has 0 unspecified atom stereocenters. The third-order valence-corrected chi connectivity index (χ3v) is 6.93. The van der Waals surface area contributed by atoms with Crippen LogP contribution in [-0.4, -0.2) is 37.1 Å². The maximum Gasteiger partial charge on any atom is 0.249 e. The van der Waals surface area contributed by atoms with Crippen LogP contribution in [0.3, 0.4) is 0 Å². The Morgan fingerprint density at radius 3 is 2.82 bits per heavy atom. The van der Waals surface area contributed by atoms with Crippen molar-refractivity contribution in [3.05, 3.63) is 64.8 Å². The second-order valence-electron chi connectivity index (χ2n) is 8.96. The first-order valence-electron chi connectivity index (χ1n) is 11.8. The van der Waals surface area contributed by atoms with E-state index in [4.69, 9.17) is 19.6 Å². The molecule has 2 N–H and O–H groups in total. The number of rotatable bonds is 9. The van der Waals surface area contributed by atoms with Crippen molar-refractivity contribution in [3.63, 3.8) is 0 Å². The molecule has 0 bridgehead atoms. The van der Waals surface area contributed by atoms with E-state index in [0.29, 0.717) is 11.6 Å². The van der Waals surface area contributed by atoms with Gasteiger partial charge in [-0.15, -0.1) is 0 Å². The molecule has 1 fully saturated rings. The number of para-hydroxylation sites is 1. The highest BCUT2D eigenvalue weighted by Crippen LogP contribution is 2.36. The number of methoxy groups -OCH3 is 1. The summed E-state index contributed by atoms with van der Waals surface area (Å²) in [6, 6.07) is 9.05. The van der Waals surface area contributed by atoms with Crippen molar-refractivity contribution in [1.29, 1.82) is 0 Å². The van der Waals surface area contributed by atoms with E-state index in [0.717, 1.165) is 61.1 Å². The minimum Gasteiger partial charge on any atom is -0.493 e. The Morgan fingerprint density at radius 1 is 1.24 bits per heavy atom. The first kappa shape index (κ1) is 22.3. The van der Waals surface area contributed by atoms with Gasteiger partial charge in [-0.2, -0.15) is 0 Å². The Kier molecular flexibility index (Phi) is 6.18. The van der Waals surface area contributed by atoms with Gasteiger partial charge < -0.3 is 24.5 Å². The van der Waals surface area contributed by atoms with Crippen LogP contribution in [0.15, 0.2) is 46.7 Å². The summed E-state index contributed by atoms with van der Waals surface area (Å²) in [5, 5.41) is 1.09. The number of hydrogen-bond acceptors (Lipinski definition) is 5. The fourth-order valence-electron chi connectivity index (χ4n) is 4.89. The number of nitrogens with two attached hydrogens (primary N) is 1. The van der Waals surface area contributed by atoms with Crippen LogP contribution in [0.1, 0.15) is 53.6 Å². The third kappa shape index (κ3) is 4.11. The number of primary amides is 1. The SMILES string of the molecule is COc1cccc2c(CCCCN(C3=Cc4c(C(N)=O)ccc(F)c4OC3)C3CCC3)coc12. The standard InChI is InChI=1S/C27H29FN2O4/c1-32-24-10-5-9-20-17(15-33-26(20)24)6-2-3-13-30(18-7-4-8-18)19-14-22-21(27(29)31)11-12-23(28)25(22)34-16-19/h5,9-12,14-15,18H,2-4,6-8,13,16H2,1H3,(H2,29,31). The van der Waals surface area contributed by atoms with E-state index in [-0.39, 0.29) is 17.9 Å². The number of furan rings is 1. The van der Waals surface area contributed by atoms with Crippen LogP contribution in [0.5, 0.6) is 11.5 Å². The van der Waals surface area contributed by atoms with Crippen LogP contribution in [-0.2, 0) is 6.42 Å². The molecule has 2 aliphatic rings. The highest BCUT2D eigenvalue weighted by molar-refractivity contribution is 5.98. The van der Waals surface area contributed by atoms with Crippen LogP contribution in [0.25, 0.3) is 17.0 Å². The molecule has 178 valence electrons. The number of hydrogen-bond donors (Lipinski definition) is 1. The normalized spacial score (nSPS) is 15.3. The largest absolute Gasteiger partial charge is 0.493 e. The van der Waals surface area contributed by atoms with Gasteiger partial charge in [0.05, 0.1) is 24.6 Å². The van der Waals surface area contributed by atoms with Gasteiger partial charge in [0.1, 0.15) is 6.61 Å². The maximum atomic E-state index is 14.3. The minimum atomic E-state index is -0.587. The van der Waals surface area contributed by atoms with Crippen molar-refractivity contribution in [2.45, 2.75) is 44.6 Å². The minimum absolute atomic E-state index is 0.107. The molecule has 0 radical (unpaired) electrons. The van der Waals surface area contributed by atoms with E-state index in [1.165, 1.54) is 24.1 Å². The molecule has 2 aromatic carbocycles. The van der Waals surface area contributed by atoms with Crippen molar-refractivity contribution in [2.24, 2.45) is 5.73 Å². The third-order valence-electron chi connectivity index (χ3n) is 6.93. The molecule has 2 heterocycles. The van der Waals surface area contributed by atoms with Gasteiger partial charge in [-0.1, -0.05) is 12.1 Å². The smallest absolute Gasteiger partial charge is 0.249 e. The predicted molar refractivity (Wildman–Crippen MR) is 128 cm³/mol. The summed E-state index contributed by atoms with van der Waals surface area (Å²) in [4.78, 5) is 14.3. The molecule has 34 heavy (non-hydrogen) atoms. The zero-order valence-corrected chi connectivity index (χ0v) is 19.3. The molecule has 0 spiro atoms. The van der Waals surface area contributed by atoms with Crippen LogP contribution in [0.4, 0.5) is 4.39 Å². The number of ether oxygens (including phenoxy) is 2. The van der Waals surface area contributed by atoms with E-state index >= 15 is 0 Å². The van der Waals surface area contributed by atoms with Gasteiger partial charge in [0.2, 0.25) is 5.91 Å². The molecule has 5 rings (SSSR count). The zero-order chi connectivity index (χ0) is 23.7. The summed E-state index contributed by atoms with van der Waals surface area (Å²) in [7, 11) is 1.65. The van der Waals surface area contributed by atoms with Crippen LogP contribution in [0.2, 0.25) is 0 Å². The van der Waals surface area contributed by atoms with E-state index in [1.807, 2.05) is 24.5 Å². The van der Waals surface area contributed by atoms with E-state index < -0.39 is 11.7 Å². The summed E-state index contributed by atoms with van der Waals surface area (Å²) in [5.41, 5.74) is 9.20. The number of aryl methyl sites for hydroxylation is 1. The lowest BCUT2D eigenvalue weighted by molar-refractivity contribution is 0.0999. The first-order chi connectivity index (χ1) is 16.6. The first-order valence-corrected chi connectivity index (χ1v) is 11.8. The molecule has 3 aromatic rings. The molecule has 1 aromatic heterocycles. The van der Waals surface area contributed by atoms with Gasteiger partial charge in [-0.3, -0.25) is 4.79 Å². The Balaban J connectivity index is 1.30. The highest BCUT2D eigenvalue weighted by atomic mass is 19.1. The lowest BCUT2D eigenvalue weighted by atomic mass is 9.90. The van der Waals surface area contributed by atoms with E-state index in [9.17, 15) is 9.18 Å². The second kappa shape index (κ2) is 9.41. The number of carbonyl (C=O) groups is 1. The summed E-state index contributed by atoms with van der Waals surface area (Å²) >= 11 is 0. The number of carbonyl (C=O) groups excluding carboxylic acids is 1. The lowest BCUT2D eigenvalue weighted by Gasteiger charge is -2.41.